The van der Waals surface area contributed by atoms with E-state index in [9.17, 15) is 18.4 Å². The fourth-order valence-electron chi connectivity index (χ4n) is 2.72. The molecule has 0 heterocycles. The molecule has 0 radical (unpaired) electrons. The molecule has 1 N–H and O–H groups in total. The first kappa shape index (κ1) is 18.2. The van der Waals surface area contributed by atoms with Gasteiger partial charge in [-0.2, -0.15) is 0 Å². The number of carbonyl (C=O) groups excluding carboxylic acids is 2. The summed E-state index contributed by atoms with van der Waals surface area (Å²) in [6, 6.07) is 8.36. The van der Waals surface area contributed by atoms with Crippen molar-refractivity contribution in [2.45, 2.75) is 44.8 Å². The summed E-state index contributed by atoms with van der Waals surface area (Å²) in [7, 11) is 0. The van der Waals surface area contributed by atoms with Crippen LogP contribution in [0.15, 0.2) is 30.3 Å². The Kier molecular flexibility index (Phi) is 6.11. The molecule has 5 nitrogen and oxygen atoms in total. The van der Waals surface area contributed by atoms with Crippen LogP contribution in [0.2, 0.25) is 0 Å². The second kappa shape index (κ2) is 8.08. The average Bonchev–Trinajstić information content (AvgIpc) is 2.55. The van der Waals surface area contributed by atoms with Gasteiger partial charge in [0.1, 0.15) is 6.61 Å². The Labute approximate surface area is 139 Å². The quantitative estimate of drug-likeness (QED) is 0.835. The number of hydrogen-bond acceptors (Lipinski definition) is 4. The van der Waals surface area contributed by atoms with Crippen LogP contribution in [0.5, 0.6) is 0 Å². The van der Waals surface area contributed by atoms with Gasteiger partial charge in [-0.25, -0.2) is 13.6 Å². The molecular weight excluding hydrogens is 320 g/mol. The van der Waals surface area contributed by atoms with E-state index in [1.54, 1.807) is 19.1 Å². The molecule has 132 valence electrons. The number of alkyl carbamates (subject to hydrolysis) is 1. The lowest BCUT2D eigenvalue weighted by Crippen LogP contribution is -2.49. The van der Waals surface area contributed by atoms with E-state index in [2.05, 4.69) is 5.32 Å². The summed E-state index contributed by atoms with van der Waals surface area (Å²) in [5.74, 6) is -4.72. The molecule has 0 spiro atoms. The van der Waals surface area contributed by atoms with Crippen LogP contribution < -0.4 is 5.32 Å². The SMILES string of the molecule is CCOC(=O)[C@H]1CC(F)(F)CC[C@H]1NC(=O)OCc1ccccc1. The molecule has 0 bridgehead atoms. The predicted octanol–water partition coefficient (Wildman–Crippen LogP) is 3.28. The highest BCUT2D eigenvalue weighted by Gasteiger charge is 2.46. The molecule has 0 aliphatic heterocycles. The van der Waals surface area contributed by atoms with Crippen molar-refractivity contribution in [3.05, 3.63) is 35.9 Å². The van der Waals surface area contributed by atoms with Gasteiger partial charge in [-0.1, -0.05) is 30.3 Å². The van der Waals surface area contributed by atoms with Crippen molar-refractivity contribution in [1.82, 2.24) is 5.32 Å². The summed E-state index contributed by atoms with van der Waals surface area (Å²) >= 11 is 0. The lowest BCUT2D eigenvalue weighted by atomic mass is 9.82. The summed E-state index contributed by atoms with van der Waals surface area (Å²) in [5, 5.41) is 2.52. The molecule has 1 aliphatic rings. The Morgan fingerprint density at radius 2 is 1.96 bits per heavy atom. The minimum atomic E-state index is -2.93. The van der Waals surface area contributed by atoms with E-state index >= 15 is 0 Å². The maximum absolute atomic E-state index is 13.6. The Balaban J connectivity index is 1.92. The average molecular weight is 341 g/mol. The van der Waals surface area contributed by atoms with Crippen LogP contribution in [0, 0.1) is 5.92 Å². The van der Waals surface area contributed by atoms with Crippen molar-refractivity contribution in [3.8, 4) is 0 Å². The zero-order valence-electron chi connectivity index (χ0n) is 13.5. The lowest BCUT2D eigenvalue weighted by molar-refractivity contribution is -0.156. The van der Waals surface area contributed by atoms with Gasteiger partial charge in [-0.15, -0.1) is 0 Å². The van der Waals surface area contributed by atoms with Crippen molar-refractivity contribution in [1.29, 1.82) is 0 Å². The zero-order chi connectivity index (χ0) is 17.6. The third-order valence-corrected chi connectivity index (χ3v) is 3.93. The van der Waals surface area contributed by atoms with Crippen LogP contribution in [-0.2, 0) is 20.9 Å². The van der Waals surface area contributed by atoms with E-state index in [-0.39, 0.29) is 26.1 Å². The molecule has 1 aromatic carbocycles. The third kappa shape index (κ3) is 5.18. The molecule has 1 aliphatic carbocycles. The summed E-state index contributed by atoms with van der Waals surface area (Å²) < 4.78 is 37.1. The molecule has 1 fully saturated rings. The number of amides is 1. The van der Waals surface area contributed by atoms with Crippen LogP contribution >= 0.6 is 0 Å². The number of esters is 1. The zero-order valence-corrected chi connectivity index (χ0v) is 13.5. The topological polar surface area (TPSA) is 64.6 Å². The fourth-order valence-corrected chi connectivity index (χ4v) is 2.72. The summed E-state index contributed by atoms with van der Waals surface area (Å²) in [5.41, 5.74) is 0.810. The first-order chi connectivity index (χ1) is 11.4. The minimum absolute atomic E-state index is 0.00306. The van der Waals surface area contributed by atoms with E-state index in [1.807, 2.05) is 18.2 Å². The van der Waals surface area contributed by atoms with E-state index < -0.39 is 36.4 Å². The number of rotatable bonds is 5. The van der Waals surface area contributed by atoms with Crippen LogP contribution in [0.1, 0.15) is 31.7 Å². The number of ether oxygens (including phenoxy) is 2. The molecule has 0 aromatic heterocycles. The number of benzene rings is 1. The third-order valence-electron chi connectivity index (χ3n) is 3.93. The molecule has 2 atom stereocenters. The van der Waals surface area contributed by atoms with Gasteiger partial charge in [0, 0.05) is 18.9 Å². The van der Waals surface area contributed by atoms with E-state index in [0.717, 1.165) is 5.56 Å². The highest BCUT2D eigenvalue weighted by molar-refractivity contribution is 5.75. The Bertz CT molecular complexity index is 565. The van der Waals surface area contributed by atoms with Crippen molar-refractivity contribution < 1.29 is 27.8 Å². The number of nitrogens with one attached hydrogen (secondary N) is 1. The van der Waals surface area contributed by atoms with Gasteiger partial charge >= 0.3 is 12.1 Å². The first-order valence-corrected chi connectivity index (χ1v) is 7.93. The molecule has 0 unspecified atom stereocenters. The van der Waals surface area contributed by atoms with Crippen molar-refractivity contribution >= 4 is 12.1 Å². The lowest BCUT2D eigenvalue weighted by Gasteiger charge is -2.34. The Morgan fingerprint density at radius 1 is 1.25 bits per heavy atom. The van der Waals surface area contributed by atoms with Gasteiger partial charge in [0.2, 0.25) is 5.92 Å². The molecule has 2 rings (SSSR count). The van der Waals surface area contributed by atoms with Crippen LogP contribution in [0.25, 0.3) is 0 Å². The molecule has 7 heteroatoms. The Hall–Kier alpha value is -2.18. The van der Waals surface area contributed by atoms with Gasteiger partial charge in [0.25, 0.3) is 0 Å². The highest BCUT2D eigenvalue weighted by Crippen LogP contribution is 2.37. The second-order valence-electron chi connectivity index (χ2n) is 5.77. The first-order valence-electron chi connectivity index (χ1n) is 7.93. The second-order valence-corrected chi connectivity index (χ2v) is 5.77. The van der Waals surface area contributed by atoms with Gasteiger partial charge in [0.05, 0.1) is 12.5 Å². The summed E-state index contributed by atoms with van der Waals surface area (Å²) in [6.07, 6.45) is -1.75. The molecule has 1 saturated carbocycles. The van der Waals surface area contributed by atoms with Gasteiger partial charge in [0.15, 0.2) is 0 Å². The molecule has 0 saturated heterocycles. The number of halogens is 2. The molecule has 1 aromatic rings. The van der Waals surface area contributed by atoms with E-state index in [1.165, 1.54) is 0 Å². The summed E-state index contributed by atoms with van der Waals surface area (Å²) in [4.78, 5) is 23.8. The molecular formula is C17H21F2NO4. The van der Waals surface area contributed by atoms with Crippen LogP contribution in [0.3, 0.4) is 0 Å². The van der Waals surface area contributed by atoms with Gasteiger partial charge in [-0.05, 0) is 18.9 Å². The van der Waals surface area contributed by atoms with Crippen LogP contribution in [-0.4, -0.2) is 30.6 Å². The largest absolute Gasteiger partial charge is 0.466 e. The van der Waals surface area contributed by atoms with Crippen LogP contribution in [0.4, 0.5) is 13.6 Å². The number of carbonyl (C=O) groups is 2. The monoisotopic (exact) mass is 341 g/mol. The van der Waals surface area contributed by atoms with Crippen molar-refractivity contribution in [2.24, 2.45) is 5.92 Å². The van der Waals surface area contributed by atoms with Gasteiger partial charge in [-0.3, -0.25) is 4.79 Å². The standard InChI is InChI=1S/C17H21F2NO4/c1-2-23-15(21)13-10-17(18,19)9-8-14(13)20-16(22)24-11-12-6-4-3-5-7-12/h3-7,13-14H,2,8-11H2,1H3,(H,20,22)/t13-,14+/m0/s1. The number of hydrogen-bond donors (Lipinski definition) is 1. The maximum atomic E-state index is 13.6. The number of alkyl halides is 2. The Morgan fingerprint density at radius 3 is 2.62 bits per heavy atom. The van der Waals surface area contributed by atoms with Crippen molar-refractivity contribution in [3.63, 3.8) is 0 Å². The van der Waals surface area contributed by atoms with E-state index in [0.29, 0.717) is 0 Å². The smallest absolute Gasteiger partial charge is 0.407 e. The normalized spacial score (nSPS) is 22.5. The van der Waals surface area contributed by atoms with Crippen molar-refractivity contribution in [2.75, 3.05) is 6.61 Å². The summed E-state index contributed by atoms with van der Waals surface area (Å²) in [6.45, 7) is 1.78. The van der Waals surface area contributed by atoms with E-state index in [4.69, 9.17) is 9.47 Å². The fraction of sp³-hybridized carbons (Fsp3) is 0.529. The predicted molar refractivity (Wildman–Crippen MR) is 82.5 cm³/mol. The molecule has 1 amide bonds. The van der Waals surface area contributed by atoms with Gasteiger partial charge < -0.3 is 14.8 Å². The minimum Gasteiger partial charge on any atom is -0.466 e. The maximum Gasteiger partial charge on any atom is 0.407 e. The highest BCUT2D eigenvalue weighted by atomic mass is 19.3. The molecule has 24 heavy (non-hydrogen) atoms.